The van der Waals surface area contributed by atoms with Crippen LogP contribution >= 0.6 is 23.2 Å². The fraction of sp³-hybridized carbons (Fsp3) is 0.133. The first-order valence-electron chi connectivity index (χ1n) is 6.64. The molecule has 0 radical (unpaired) electrons. The fourth-order valence-electron chi connectivity index (χ4n) is 2.04. The van der Waals surface area contributed by atoms with Gasteiger partial charge in [-0.25, -0.2) is 17.5 Å². The number of nitrogens with one attached hydrogen (secondary N) is 1. The summed E-state index contributed by atoms with van der Waals surface area (Å²) in [5, 5.41) is 8.89. The molecule has 0 spiro atoms. The lowest BCUT2D eigenvalue weighted by Crippen LogP contribution is -2.30. The molecule has 0 saturated heterocycles. The molecule has 0 bridgehead atoms. The molecular formula is C15H12Cl2FNO4S. The Hall–Kier alpha value is -1.67. The van der Waals surface area contributed by atoms with Gasteiger partial charge in [-0.3, -0.25) is 4.79 Å². The van der Waals surface area contributed by atoms with Crippen LogP contribution in [0.1, 0.15) is 18.0 Å². The van der Waals surface area contributed by atoms with Gasteiger partial charge in [0.05, 0.1) is 22.5 Å². The van der Waals surface area contributed by atoms with E-state index in [1.54, 1.807) is 0 Å². The molecule has 0 aliphatic heterocycles. The standard InChI is InChI=1S/C15H12Cl2FNO4S/c16-11-2-1-3-13(15(11)17)24(22,23)19-12(8-14(20)21)9-4-6-10(18)7-5-9/h1-7,12,19H,8H2,(H,20,21). The number of rotatable bonds is 6. The van der Waals surface area contributed by atoms with Gasteiger partial charge < -0.3 is 5.11 Å². The summed E-state index contributed by atoms with van der Waals surface area (Å²) >= 11 is 11.7. The zero-order valence-corrected chi connectivity index (χ0v) is 14.4. The number of hydrogen-bond donors (Lipinski definition) is 2. The van der Waals surface area contributed by atoms with Crippen molar-refractivity contribution >= 4 is 39.2 Å². The molecular weight excluding hydrogens is 380 g/mol. The van der Waals surface area contributed by atoms with Gasteiger partial charge in [0.2, 0.25) is 10.0 Å². The first-order chi connectivity index (χ1) is 11.2. The van der Waals surface area contributed by atoms with Gasteiger partial charge >= 0.3 is 5.97 Å². The Balaban J connectivity index is 2.39. The summed E-state index contributed by atoms with van der Waals surface area (Å²) in [6.07, 6.45) is -0.525. The van der Waals surface area contributed by atoms with Crippen LogP contribution in [-0.4, -0.2) is 19.5 Å². The van der Waals surface area contributed by atoms with Crippen LogP contribution < -0.4 is 4.72 Å². The topological polar surface area (TPSA) is 83.5 Å². The summed E-state index contributed by atoms with van der Waals surface area (Å²) in [6, 6.07) is 7.85. The molecule has 0 amide bonds. The average molecular weight is 392 g/mol. The number of halogens is 3. The van der Waals surface area contributed by atoms with E-state index < -0.39 is 34.3 Å². The largest absolute Gasteiger partial charge is 0.481 e. The van der Waals surface area contributed by atoms with Gasteiger partial charge in [-0.05, 0) is 29.8 Å². The molecule has 2 rings (SSSR count). The van der Waals surface area contributed by atoms with Crippen molar-refractivity contribution < 1.29 is 22.7 Å². The van der Waals surface area contributed by atoms with Gasteiger partial charge in [0.1, 0.15) is 10.7 Å². The number of carbonyl (C=O) groups is 1. The van der Waals surface area contributed by atoms with Crippen LogP contribution in [-0.2, 0) is 14.8 Å². The van der Waals surface area contributed by atoms with Crippen molar-refractivity contribution in [2.45, 2.75) is 17.4 Å². The number of sulfonamides is 1. The van der Waals surface area contributed by atoms with Crippen LogP contribution in [0.2, 0.25) is 10.0 Å². The zero-order valence-electron chi connectivity index (χ0n) is 12.0. The van der Waals surface area contributed by atoms with E-state index in [0.29, 0.717) is 5.56 Å². The molecule has 2 N–H and O–H groups in total. The highest BCUT2D eigenvalue weighted by Crippen LogP contribution is 2.30. The van der Waals surface area contributed by atoms with E-state index in [9.17, 15) is 17.6 Å². The van der Waals surface area contributed by atoms with E-state index in [1.807, 2.05) is 0 Å². The normalized spacial score (nSPS) is 12.8. The van der Waals surface area contributed by atoms with Crippen LogP contribution in [0.15, 0.2) is 47.4 Å². The lowest BCUT2D eigenvalue weighted by Gasteiger charge is -2.18. The molecule has 2 aromatic carbocycles. The van der Waals surface area contributed by atoms with Crippen molar-refractivity contribution in [2.24, 2.45) is 0 Å². The van der Waals surface area contributed by atoms with E-state index in [1.165, 1.54) is 30.3 Å². The highest BCUT2D eigenvalue weighted by molar-refractivity contribution is 7.89. The Morgan fingerprint density at radius 3 is 2.38 bits per heavy atom. The number of aliphatic carboxylic acids is 1. The van der Waals surface area contributed by atoms with E-state index >= 15 is 0 Å². The SMILES string of the molecule is O=C(O)CC(NS(=O)(=O)c1cccc(Cl)c1Cl)c1ccc(F)cc1. The van der Waals surface area contributed by atoms with Crippen molar-refractivity contribution in [3.05, 3.63) is 63.9 Å². The van der Waals surface area contributed by atoms with Gasteiger partial charge in [-0.2, -0.15) is 0 Å². The number of carboxylic acid groups (broad SMARTS) is 1. The second kappa shape index (κ2) is 7.48. The minimum atomic E-state index is -4.14. The Kier molecular flexibility index (Phi) is 5.82. The molecule has 128 valence electrons. The van der Waals surface area contributed by atoms with Gasteiger partial charge in [0.25, 0.3) is 0 Å². The van der Waals surface area contributed by atoms with E-state index in [0.717, 1.165) is 12.1 Å². The van der Waals surface area contributed by atoms with Crippen LogP contribution in [0.4, 0.5) is 4.39 Å². The maximum Gasteiger partial charge on any atom is 0.305 e. The van der Waals surface area contributed by atoms with Crippen LogP contribution in [0.5, 0.6) is 0 Å². The molecule has 5 nitrogen and oxygen atoms in total. The highest BCUT2D eigenvalue weighted by atomic mass is 35.5. The van der Waals surface area contributed by atoms with E-state index in [2.05, 4.69) is 4.72 Å². The molecule has 1 unspecified atom stereocenters. The van der Waals surface area contributed by atoms with Crippen molar-refractivity contribution in [2.75, 3.05) is 0 Å². The zero-order chi connectivity index (χ0) is 17.9. The third kappa shape index (κ3) is 4.45. The van der Waals surface area contributed by atoms with Gasteiger partial charge in [-0.15, -0.1) is 0 Å². The molecule has 0 aliphatic rings. The predicted octanol–water partition coefficient (Wildman–Crippen LogP) is 3.63. The first-order valence-corrected chi connectivity index (χ1v) is 8.88. The first kappa shape index (κ1) is 18.7. The summed E-state index contributed by atoms with van der Waals surface area (Å²) in [6.45, 7) is 0. The fourth-order valence-corrected chi connectivity index (χ4v) is 4.03. The van der Waals surface area contributed by atoms with Crippen LogP contribution in [0, 0.1) is 5.82 Å². The lowest BCUT2D eigenvalue weighted by molar-refractivity contribution is -0.137. The van der Waals surface area contributed by atoms with E-state index in [-0.39, 0.29) is 14.9 Å². The molecule has 0 fully saturated rings. The van der Waals surface area contributed by atoms with Gasteiger partial charge in [0, 0.05) is 0 Å². The van der Waals surface area contributed by atoms with Crippen LogP contribution in [0.3, 0.4) is 0 Å². The molecule has 1 atom stereocenters. The molecule has 24 heavy (non-hydrogen) atoms. The second-order valence-corrected chi connectivity index (χ2v) is 7.34. The van der Waals surface area contributed by atoms with Gasteiger partial charge in [0.15, 0.2) is 0 Å². The number of benzene rings is 2. The Labute approximate surface area is 148 Å². The summed E-state index contributed by atoms with van der Waals surface area (Å²) in [5.41, 5.74) is 0.306. The number of hydrogen-bond acceptors (Lipinski definition) is 3. The van der Waals surface area contributed by atoms with Crippen molar-refractivity contribution in [1.82, 2.24) is 4.72 Å². The maximum atomic E-state index is 13.0. The summed E-state index contributed by atoms with van der Waals surface area (Å²) in [4.78, 5) is 10.8. The lowest BCUT2D eigenvalue weighted by atomic mass is 10.1. The Morgan fingerprint density at radius 2 is 1.79 bits per heavy atom. The smallest absolute Gasteiger partial charge is 0.305 e. The quantitative estimate of drug-likeness (QED) is 0.787. The Morgan fingerprint density at radius 1 is 1.17 bits per heavy atom. The molecule has 0 aliphatic carbocycles. The molecule has 0 saturated carbocycles. The van der Waals surface area contributed by atoms with E-state index in [4.69, 9.17) is 28.3 Å². The highest BCUT2D eigenvalue weighted by Gasteiger charge is 2.26. The predicted molar refractivity (Wildman–Crippen MR) is 88.2 cm³/mol. The summed E-state index contributed by atoms with van der Waals surface area (Å²) < 4.78 is 40.3. The van der Waals surface area contributed by atoms with Gasteiger partial charge in [-0.1, -0.05) is 41.4 Å². The van der Waals surface area contributed by atoms with Crippen LogP contribution in [0.25, 0.3) is 0 Å². The summed E-state index contributed by atoms with van der Waals surface area (Å²) in [7, 11) is -4.14. The minimum absolute atomic E-state index is 0.0520. The van der Waals surface area contributed by atoms with Crippen molar-refractivity contribution in [3.8, 4) is 0 Å². The molecule has 2 aromatic rings. The maximum absolute atomic E-state index is 13.0. The second-order valence-electron chi connectivity index (χ2n) is 4.88. The third-order valence-corrected chi connectivity index (χ3v) is 5.60. The molecule has 0 aromatic heterocycles. The number of carboxylic acids is 1. The molecule has 9 heteroatoms. The Bertz CT molecular complexity index is 856. The minimum Gasteiger partial charge on any atom is -0.481 e. The average Bonchev–Trinajstić information content (AvgIpc) is 2.49. The summed E-state index contributed by atoms with van der Waals surface area (Å²) in [5.74, 6) is -1.74. The third-order valence-electron chi connectivity index (χ3n) is 3.15. The van der Waals surface area contributed by atoms with Crippen molar-refractivity contribution in [1.29, 1.82) is 0 Å². The molecule has 0 heterocycles. The van der Waals surface area contributed by atoms with Crippen molar-refractivity contribution in [3.63, 3.8) is 0 Å². The monoisotopic (exact) mass is 391 g/mol.